The molecule has 0 saturated carbocycles. The average molecular weight is 575 g/mol. The number of rotatable bonds is 6. The number of alkyl halides is 3. The van der Waals surface area contributed by atoms with E-state index in [0.717, 1.165) is 12.3 Å². The van der Waals surface area contributed by atoms with Gasteiger partial charge >= 0.3 is 12.1 Å². The average Bonchev–Trinajstić information content (AvgIpc) is 3.32. The summed E-state index contributed by atoms with van der Waals surface area (Å²) in [5, 5.41) is 5.75. The highest BCUT2D eigenvalue weighted by molar-refractivity contribution is 7.89. The highest BCUT2D eigenvalue weighted by atomic mass is 32.2. The van der Waals surface area contributed by atoms with Crippen LogP contribution in [0.1, 0.15) is 34.3 Å². The number of benzene rings is 2. The van der Waals surface area contributed by atoms with Crippen molar-refractivity contribution >= 4 is 33.4 Å². The number of sulfonamides is 1. The van der Waals surface area contributed by atoms with Crippen LogP contribution in [0.4, 0.5) is 24.7 Å². The lowest BCUT2D eigenvalue weighted by Gasteiger charge is -2.32. The van der Waals surface area contributed by atoms with Gasteiger partial charge in [0.2, 0.25) is 15.9 Å². The summed E-state index contributed by atoms with van der Waals surface area (Å²) in [5.41, 5.74) is 1.77. The zero-order valence-electron chi connectivity index (χ0n) is 21.3. The van der Waals surface area contributed by atoms with Crippen molar-refractivity contribution in [3.8, 4) is 11.1 Å². The van der Waals surface area contributed by atoms with Gasteiger partial charge in [-0.3, -0.25) is 4.79 Å². The van der Waals surface area contributed by atoms with Crippen LogP contribution < -0.4 is 10.6 Å². The number of ether oxygens (including phenoxy) is 1. The van der Waals surface area contributed by atoms with E-state index in [-0.39, 0.29) is 41.9 Å². The fraction of sp³-hybridized carbons (Fsp3) is 0.296. The van der Waals surface area contributed by atoms with E-state index in [1.165, 1.54) is 29.6 Å². The Kier molecular flexibility index (Phi) is 7.27. The Morgan fingerprint density at radius 1 is 1.07 bits per heavy atom. The second kappa shape index (κ2) is 10.5. The molecule has 0 unspecified atom stereocenters. The molecular formula is C27H25F3N4O5S. The van der Waals surface area contributed by atoms with Crippen molar-refractivity contribution in [3.63, 3.8) is 0 Å². The number of esters is 1. The molecule has 40 heavy (non-hydrogen) atoms. The summed E-state index contributed by atoms with van der Waals surface area (Å²) >= 11 is 0. The molecule has 3 aromatic rings. The highest BCUT2D eigenvalue weighted by Gasteiger charge is 2.32. The Morgan fingerprint density at radius 3 is 2.38 bits per heavy atom. The molecule has 0 radical (unpaired) electrons. The lowest BCUT2D eigenvalue weighted by molar-refractivity contribution is -0.137. The SMILES string of the molecule is COC(=O)c1cc(-c2ccc(S(=O)(=O)N3CCC(Nc4ccc(C(F)(F)F)cn4)CC3)cc2)cc2c1NC(=O)C2. The number of nitrogens with one attached hydrogen (secondary N) is 2. The number of fused-ring (bicyclic) bond motifs is 1. The van der Waals surface area contributed by atoms with Crippen LogP contribution in [0.3, 0.4) is 0 Å². The van der Waals surface area contributed by atoms with Gasteiger partial charge in [-0.05, 0) is 65.9 Å². The van der Waals surface area contributed by atoms with E-state index in [9.17, 15) is 31.2 Å². The van der Waals surface area contributed by atoms with Gasteiger partial charge in [-0.1, -0.05) is 12.1 Å². The number of carbonyl (C=O) groups is 2. The van der Waals surface area contributed by atoms with Gasteiger partial charge in [-0.15, -0.1) is 0 Å². The zero-order chi connectivity index (χ0) is 28.7. The Morgan fingerprint density at radius 2 is 1.77 bits per heavy atom. The Labute approximate surface area is 228 Å². The molecule has 2 aliphatic rings. The van der Waals surface area contributed by atoms with Crippen molar-refractivity contribution in [2.24, 2.45) is 0 Å². The van der Waals surface area contributed by atoms with Crippen molar-refractivity contribution in [1.82, 2.24) is 9.29 Å². The minimum absolute atomic E-state index is 0.110. The quantitative estimate of drug-likeness (QED) is 0.421. The van der Waals surface area contributed by atoms with Crippen LogP contribution in [0.5, 0.6) is 0 Å². The van der Waals surface area contributed by atoms with Crippen molar-refractivity contribution in [2.45, 2.75) is 36.4 Å². The van der Waals surface area contributed by atoms with Gasteiger partial charge in [-0.25, -0.2) is 18.2 Å². The van der Waals surface area contributed by atoms with E-state index in [1.807, 2.05) is 0 Å². The summed E-state index contributed by atoms with van der Waals surface area (Å²) in [4.78, 5) is 28.1. The van der Waals surface area contributed by atoms with Crippen LogP contribution in [0.2, 0.25) is 0 Å². The van der Waals surface area contributed by atoms with Crippen molar-refractivity contribution in [1.29, 1.82) is 0 Å². The maximum atomic E-state index is 13.3. The molecule has 2 aromatic carbocycles. The number of nitrogens with zero attached hydrogens (tertiary/aromatic N) is 2. The molecule has 0 spiro atoms. The number of amides is 1. The highest BCUT2D eigenvalue weighted by Crippen LogP contribution is 2.34. The third-order valence-corrected chi connectivity index (χ3v) is 8.88. The van der Waals surface area contributed by atoms with Gasteiger partial charge in [0.1, 0.15) is 5.82 Å². The number of hydrogen-bond donors (Lipinski definition) is 2. The van der Waals surface area contributed by atoms with Crippen molar-refractivity contribution < 1.29 is 35.9 Å². The number of hydrogen-bond acceptors (Lipinski definition) is 7. The molecular weight excluding hydrogens is 549 g/mol. The Bertz CT molecular complexity index is 1550. The summed E-state index contributed by atoms with van der Waals surface area (Å²) in [6, 6.07) is 11.7. The normalized spacial score (nSPS) is 16.4. The summed E-state index contributed by atoms with van der Waals surface area (Å²) in [6.07, 6.45) is -2.66. The number of aromatic nitrogens is 1. The number of carbonyl (C=O) groups excluding carboxylic acids is 2. The van der Waals surface area contributed by atoms with Crippen LogP contribution >= 0.6 is 0 Å². The molecule has 9 nitrogen and oxygen atoms in total. The number of methoxy groups -OCH3 is 1. The molecule has 1 saturated heterocycles. The van der Waals surface area contributed by atoms with Crippen LogP contribution in [0.25, 0.3) is 11.1 Å². The van der Waals surface area contributed by atoms with Gasteiger partial charge in [0.05, 0.1) is 35.2 Å². The molecule has 0 bridgehead atoms. The van der Waals surface area contributed by atoms with Gasteiger partial charge in [0.15, 0.2) is 0 Å². The monoisotopic (exact) mass is 574 g/mol. The summed E-state index contributed by atoms with van der Waals surface area (Å²) in [7, 11) is -2.53. The van der Waals surface area contributed by atoms with Crippen LogP contribution in [0, 0.1) is 0 Å². The topological polar surface area (TPSA) is 118 Å². The molecule has 2 aliphatic heterocycles. The largest absolute Gasteiger partial charge is 0.465 e. The summed E-state index contributed by atoms with van der Waals surface area (Å²) < 4.78 is 71.0. The minimum Gasteiger partial charge on any atom is -0.465 e. The van der Waals surface area contributed by atoms with Gasteiger partial charge in [-0.2, -0.15) is 17.5 Å². The number of pyridine rings is 1. The summed E-state index contributed by atoms with van der Waals surface area (Å²) in [6.45, 7) is 0.466. The Hall–Kier alpha value is -3.97. The minimum atomic E-state index is -4.46. The second-order valence-electron chi connectivity index (χ2n) is 9.55. The van der Waals surface area contributed by atoms with E-state index >= 15 is 0 Å². The fourth-order valence-electron chi connectivity index (χ4n) is 4.85. The molecule has 5 rings (SSSR count). The molecule has 0 atom stereocenters. The molecule has 0 aliphatic carbocycles. The Balaban J connectivity index is 1.26. The van der Waals surface area contributed by atoms with E-state index in [4.69, 9.17) is 4.74 Å². The number of piperidine rings is 1. The molecule has 210 valence electrons. The third kappa shape index (κ3) is 5.52. The summed E-state index contributed by atoms with van der Waals surface area (Å²) in [5.74, 6) is -0.521. The molecule has 13 heteroatoms. The van der Waals surface area contributed by atoms with Crippen LogP contribution in [-0.4, -0.2) is 55.8 Å². The van der Waals surface area contributed by atoms with Gasteiger partial charge in [0, 0.05) is 25.3 Å². The van der Waals surface area contributed by atoms with Crippen LogP contribution in [0.15, 0.2) is 59.6 Å². The molecule has 1 aromatic heterocycles. The first kappa shape index (κ1) is 27.6. The molecule has 1 fully saturated rings. The second-order valence-corrected chi connectivity index (χ2v) is 11.5. The van der Waals surface area contributed by atoms with E-state index in [0.29, 0.717) is 41.0 Å². The van der Waals surface area contributed by atoms with Gasteiger partial charge < -0.3 is 15.4 Å². The van der Waals surface area contributed by atoms with Crippen molar-refractivity contribution in [2.75, 3.05) is 30.8 Å². The number of anilines is 2. The van der Waals surface area contributed by atoms with Crippen LogP contribution in [-0.2, 0) is 32.2 Å². The maximum Gasteiger partial charge on any atom is 0.417 e. The first-order valence-electron chi connectivity index (χ1n) is 12.4. The predicted molar refractivity (Wildman–Crippen MR) is 140 cm³/mol. The maximum absolute atomic E-state index is 13.3. The third-order valence-electron chi connectivity index (χ3n) is 6.96. The van der Waals surface area contributed by atoms with E-state index in [2.05, 4.69) is 15.6 Å². The van der Waals surface area contributed by atoms with Crippen molar-refractivity contribution in [3.05, 3.63) is 71.4 Å². The standard InChI is InChI=1S/C27H25F3N4O5S/c1-39-26(36)22-13-17(12-18-14-24(35)33-25(18)22)16-2-5-21(6-3-16)40(37,38)34-10-8-20(9-11-34)32-23-7-4-19(15-31-23)27(28,29)30/h2-7,12-13,15,20H,8-11,14H2,1H3,(H,31,32)(H,33,35). The smallest absolute Gasteiger partial charge is 0.417 e. The molecule has 2 N–H and O–H groups in total. The molecule has 3 heterocycles. The van der Waals surface area contributed by atoms with E-state index in [1.54, 1.807) is 24.3 Å². The van der Waals surface area contributed by atoms with Gasteiger partial charge in [0.25, 0.3) is 0 Å². The predicted octanol–water partition coefficient (Wildman–Crippen LogP) is 4.31. The first-order valence-corrected chi connectivity index (χ1v) is 13.8. The lowest BCUT2D eigenvalue weighted by Crippen LogP contribution is -2.42. The lowest BCUT2D eigenvalue weighted by atomic mass is 9.98. The molecule has 1 amide bonds. The number of halogens is 3. The first-order chi connectivity index (χ1) is 19.0. The van der Waals surface area contributed by atoms with E-state index < -0.39 is 27.7 Å². The zero-order valence-corrected chi connectivity index (χ0v) is 22.1. The fourth-order valence-corrected chi connectivity index (χ4v) is 6.32.